The fourth-order valence-electron chi connectivity index (χ4n) is 1.33. The van der Waals surface area contributed by atoms with E-state index in [0.29, 0.717) is 5.69 Å². The van der Waals surface area contributed by atoms with Crippen molar-refractivity contribution in [1.29, 1.82) is 0 Å². The predicted molar refractivity (Wildman–Crippen MR) is 66.8 cm³/mol. The Kier molecular flexibility index (Phi) is 3.12. The van der Waals surface area contributed by atoms with Crippen molar-refractivity contribution >= 4 is 15.8 Å². The van der Waals surface area contributed by atoms with Gasteiger partial charge in [-0.25, -0.2) is 0 Å². The summed E-state index contributed by atoms with van der Waals surface area (Å²) in [4.78, 5) is -0.0278. The van der Waals surface area contributed by atoms with Gasteiger partial charge in [-0.2, -0.15) is 8.42 Å². The van der Waals surface area contributed by atoms with Crippen LogP contribution in [0, 0.1) is 0 Å². The number of hydrogen-bond acceptors (Lipinski definition) is 5. The van der Waals surface area contributed by atoms with Crippen LogP contribution < -0.4 is 9.92 Å². The summed E-state index contributed by atoms with van der Waals surface area (Å²) in [7, 11) is -3.97. The molecule has 2 rings (SSSR count). The maximum atomic E-state index is 11.9. The molecule has 2 aromatic rings. The molecule has 0 aliphatic rings. The molecular formula is C12H11NO4S. The first-order valence-corrected chi connectivity index (χ1v) is 6.48. The van der Waals surface area contributed by atoms with E-state index in [1.165, 1.54) is 36.4 Å². The molecule has 0 saturated heterocycles. The van der Waals surface area contributed by atoms with Crippen LogP contribution in [-0.2, 0) is 10.1 Å². The van der Waals surface area contributed by atoms with Gasteiger partial charge in [0.2, 0.25) is 0 Å². The number of rotatable bonds is 3. The van der Waals surface area contributed by atoms with Crippen LogP contribution in [0.3, 0.4) is 0 Å². The van der Waals surface area contributed by atoms with E-state index in [2.05, 4.69) is 0 Å². The minimum absolute atomic E-state index is 0.0278. The van der Waals surface area contributed by atoms with Gasteiger partial charge in [-0.1, -0.05) is 12.1 Å². The van der Waals surface area contributed by atoms with Gasteiger partial charge in [0.15, 0.2) is 11.5 Å². The Bertz CT molecular complexity index is 650. The maximum absolute atomic E-state index is 11.9. The minimum atomic E-state index is -3.97. The van der Waals surface area contributed by atoms with Crippen molar-refractivity contribution in [1.82, 2.24) is 0 Å². The van der Waals surface area contributed by atoms with Crippen molar-refractivity contribution in [2.45, 2.75) is 4.90 Å². The fourth-order valence-corrected chi connectivity index (χ4v) is 2.27. The minimum Gasteiger partial charge on any atom is -0.504 e. The van der Waals surface area contributed by atoms with Crippen molar-refractivity contribution in [3.63, 3.8) is 0 Å². The lowest BCUT2D eigenvalue weighted by molar-refractivity contribution is 0.428. The van der Waals surface area contributed by atoms with Gasteiger partial charge in [0.25, 0.3) is 0 Å². The molecule has 0 fully saturated rings. The summed E-state index contributed by atoms with van der Waals surface area (Å²) in [6, 6.07) is 11.4. The van der Waals surface area contributed by atoms with E-state index in [1.54, 1.807) is 12.1 Å². The van der Waals surface area contributed by atoms with Crippen LogP contribution >= 0.6 is 0 Å². The van der Waals surface area contributed by atoms with Crippen LogP contribution in [-0.4, -0.2) is 13.5 Å². The molecule has 6 heteroatoms. The number of aromatic hydroxyl groups is 1. The van der Waals surface area contributed by atoms with E-state index in [4.69, 9.17) is 9.92 Å². The molecule has 0 amide bonds. The van der Waals surface area contributed by atoms with Gasteiger partial charge in [-0.3, -0.25) is 0 Å². The summed E-state index contributed by atoms with van der Waals surface area (Å²) in [5, 5.41) is 9.46. The highest BCUT2D eigenvalue weighted by Gasteiger charge is 2.17. The normalized spacial score (nSPS) is 11.1. The van der Waals surface area contributed by atoms with E-state index in [-0.39, 0.29) is 16.4 Å². The second-order valence-electron chi connectivity index (χ2n) is 3.57. The lowest BCUT2D eigenvalue weighted by atomic mass is 10.3. The van der Waals surface area contributed by atoms with Gasteiger partial charge >= 0.3 is 10.1 Å². The van der Waals surface area contributed by atoms with Gasteiger partial charge in [-0.05, 0) is 36.4 Å². The zero-order valence-electron chi connectivity index (χ0n) is 9.28. The van der Waals surface area contributed by atoms with E-state index >= 15 is 0 Å². The van der Waals surface area contributed by atoms with Gasteiger partial charge in [0.05, 0.1) is 0 Å². The monoisotopic (exact) mass is 265 g/mol. The molecule has 0 aliphatic heterocycles. The summed E-state index contributed by atoms with van der Waals surface area (Å²) in [6.45, 7) is 0. The van der Waals surface area contributed by atoms with E-state index in [1.807, 2.05) is 0 Å². The van der Waals surface area contributed by atoms with Crippen molar-refractivity contribution in [3.8, 4) is 11.5 Å². The highest BCUT2D eigenvalue weighted by atomic mass is 32.2. The summed E-state index contributed by atoms with van der Waals surface area (Å²) >= 11 is 0. The van der Waals surface area contributed by atoms with Gasteiger partial charge in [0.1, 0.15) is 4.90 Å². The Hall–Kier alpha value is -2.21. The SMILES string of the molecule is Nc1ccc(S(=O)(=O)Oc2ccccc2O)cc1. The van der Waals surface area contributed by atoms with E-state index in [0.717, 1.165) is 0 Å². The number of benzene rings is 2. The molecule has 0 atom stereocenters. The topological polar surface area (TPSA) is 89.6 Å². The third-order valence-corrected chi connectivity index (χ3v) is 3.48. The first-order chi connectivity index (χ1) is 8.49. The molecule has 0 aliphatic carbocycles. The standard InChI is InChI=1S/C12H11NO4S/c13-9-5-7-10(8-6-9)18(15,16)17-12-4-2-1-3-11(12)14/h1-8,14H,13H2. The molecule has 0 heterocycles. The molecule has 2 aromatic carbocycles. The molecule has 0 bridgehead atoms. The molecule has 18 heavy (non-hydrogen) atoms. The third kappa shape index (κ3) is 2.54. The summed E-state index contributed by atoms with van der Waals surface area (Å²) in [6.07, 6.45) is 0. The Morgan fingerprint density at radius 2 is 1.61 bits per heavy atom. The summed E-state index contributed by atoms with van der Waals surface area (Å²) in [5.41, 5.74) is 5.93. The van der Waals surface area contributed by atoms with E-state index in [9.17, 15) is 13.5 Å². The van der Waals surface area contributed by atoms with Crippen molar-refractivity contribution in [3.05, 3.63) is 48.5 Å². The Balaban J connectivity index is 2.33. The number of para-hydroxylation sites is 2. The quantitative estimate of drug-likeness (QED) is 0.651. The smallest absolute Gasteiger partial charge is 0.339 e. The average Bonchev–Trinajstić information content (AvgIpc) is 2.32. The molecular weight excluding hydrogens is 254 g/mol. The zero-order chi connectivity index (χ0) is 13.2. The first-order valence-electron chi connectivity index (χ1n) is 5.07. The highest BCUT2D eigenvalue weighted by molar-refractivity contribution is 7.87. The molecule has 0 saturated carbocycles. The maximum Gasteiger partial charge on any atom is 0.339 e. The summed E-state index contributed by atoms with van der Waals surface area (Å²) < 4.78 is 28.6. The van der Waals surface area contributed by atoms with E-state index < -0.39 is 10.1 Å². The van der Waals surface area contributed by atoms with Crippen LogP contribution in [0.15, 0.2) is 53.4 Å². The van der Waals surface area contributed by atoms with Crippen molar-refractivity contribution in [2.24, 2.45) is 0 Å². The number of anilines is 1. The number of phenolic OH excluding ortho intramolecular Hbond substituents is 1. The molecule has 0 unspecified atom stereocenters. The van der Waals surface area contributed by atoms with Crippen LogP contribution in [0.4, 0.5) is 5.69 Å². The summed E-state index contributed by atoms with van der Waals surface area (Å²) in [5.74, 6) is -0.356. The second kappa shape index (κ2) is 4.58. The Labute approximate surface area is 105 Å². The van der Waals surface area contributed by atoms with Crippen LogP contribution in [0.1, 0.15) is 0 Å². The molecule has 0 radical (unpaired) electrons. The predicted octanol–water partition coefficient (Wildman–Crippen LogP) is 1.74. The zero-order valence-corrected chi connectivity index (χ0v) is 10.1. The fraction of sp³-hybridized carbons (Fsp3) is 0. The third-order valence-electron chi connectivity index (χ3n) is 2.23. The van der Waals surface area contributed by atoms with Crippen LogP contribution in [0.25, 0.3) is 0 Å². The number of hydrogen-bond donors (Lipinski definition) is 2. The van der Waals surface area contributed by atoms with Crippen LogP contribution in [0.5, 0.6) is 11.5 Å². The Morgan fingerprint density at radius 3 is 2.22 bits per heavy atom. The van der Waals surface area contributed by atoms with Gasteiger partial charge in [-0.15, -0.1) is 0 Å². The molecule has 0 aromatic heterocycles. The van der Waals surface area contributed by atoms with Gasteiger partial charge in [0, 0.05) is 5.69 Å². The first kappa shape index (κ1) is 12.3. The largest absolute Gasteiger partial charge is 0.504 e. The van der Waals surface area contributed by atoms with Crippen molar-refractivity contribution in [2.75, 3.05) is 5.73 Å². The lowest BCUT2D eigenvalue weighted by Gasteiger charge is -2.08. The number of nitrogens with two attached hydrogens (primary N) is 1. The molecule has 94 valence electrons. The molecule has 0 spiro atoms. The van der Waals surface area contributed by atoms with Gasteiger partial charge < -0.3 is 15.0 Å². The molecule has 3 N–H and O–H groups in total. The van der Waals surface area contributed by atoms with Crippen LogP contribution in [0.2, 0.25) is 0 Å². The average molecular weight is 265 g/mol. The number of nitrogen functional groups attached to an aromatic ring is 1. The van der Waals surface area contributed by atoms with Crippen molar-refractivity contribution < 1.29 is 17.7 Å². The second-order valence-corrected chi connectivity index (χ2v) is 5.12. The lowest BCUT2D eigenvalue weighted by Crippen LogP contribution is -2.09. The Morgan fingerprint density at radius 1 is 1.00 bits per heavy atom. The molecule has 5 nitrogen and oxygen atoms in total. The highest BCUT2D eigenvalue weighted by Crippen LogP contribution is 2.27. The number of phenols is 1.